The number of carbonyl (C=O) groups excluding carboxylic acids is 2. The van der Waals surface area contributed by atoms with Crippen LogP contribution >= 0.6 is 0 Å². The minimum atomic E-state index is -0.575. The summed E-state index contributed by atoms with van der Waals surface area (Å²) in [7, 11) is 2.82. The Labute approximate surface area is 154 Å². The predicted molar refractivity (Wildman–Crippen MR) is 95.3 cm³/mol. The van der Waals surface area contributed by atoms with Gasteiger partial charge in [0.2, 0.25) is 5.91 Å². The summed E-state index contributed by atoms with van der Waals surface area (Å²) < 4.78 is 25.0. The lowest BCUT2D eigenvalue weighted by Gasteiger charge is -2.26. The minimum absolute atomic E-state index is 0.0286. The largest absolute Gasteiger partial charge is 0.491 e. The molecular formula is C18H17FN4O4. The van der Waals surface area contributed by atoms with Crippen molar-refractivity contribution < 1.29 is 23.5 Å². The van der Waals surface area contributed by atoms with E-state index in [4.69, 9.17) is 9.47 Å². The molecule has 2 aromatic rings. The number of fused-ring (bicyclic) bond motifs is 2. The lowest BCUT2D eigenvalue weighted by atomic mass is 10.1. The summed E-state index contributed by atoms with van der Waals surface area (Å²) in [5, 5.41) is 8.25. The van der Waals surface area contributed by atoms with Crippen LogP contribution in [0.15, 0.2) is 18.3 Å². The molecule has 1 aromatic heterocycles. The molecule has 8 nitrogen and oxygen atoms in total. The number of halogens is 1. The molecule has 0 saturated heterocycles. The number of hydrogen-bond donors (Lipinski definition) is 3. The molecule has 27 heavy (non-hydrogen) atoms. The molecule has 9 heteroatoms. The van der Waals surface area contributed by atoms with Crippen molar-refractivity contribution in [1.29, 1.82) is 0 Å². The molecule has 140 valence electrons. The van der Waals surface area contributed by atoms with Crippen LogP contribution in [0.3, 0.4) is 0 Å². The molecule has 0 unspecified atom stereocenters. The van der Waals surface area contributed by atoms with Crippen molar-refractivity contribution >= 4 is 29.0 Å². The number of hydrogen-bond acceptors (Lipinski definition) is 6. The molecule has 2 amide bonds. The van der Waals surface area contributed by atoms with E-state index in [1.54, 1.807) is 0 Å². The fourth-order valence-electron chi connectivity index (χ4n) is 2.85. The summed E-state index contributed by atoms with van der Waals surface area (Å²) in [5.41, 5.74) is 0.710. The van der Waals surface area contributed by atoms with Gasteiger partial charge in [0, 0.05) is 19.2 Å². The molecule has 1 aromatic carbocycles. The Balaban J connectivity index is 1.82. The van der Waals surface area contributed by atoms with E-state index >= 15 is 0 Å². The van der Waals surface area contributed by atoms with Crippen molar-refractivity contribution in [3.05, 3.63) is 29.7 Å². The molecule has 2 heterocycles. The molecule has 0 bridgehead atoms. The Morgan fingerprint density at radius 2 is 2.11 bits per heavy atom. The van der Waals surface area contributed by atoms with Crippen molar-refractivity contribution in [2.45, 2.75) is 12.8 Å². The van der Waals surface area contributed by atoms with E-state index in [-0.39, 0.29) is 46.1 Å². The van der Waals surface area contributed by atoms with Gasteiger partial charge in [0.05, 0.1) is 12.7 Å². The van der Waals surface area contributed by atoms with Gasteiger partial charge in [0.25, 0.3) is 5.91 Å². The van der Waals surface area contributed by atoms with Crippen LogP contribution < -0.4 is 25.4 Å². The third kappa shape index (κ3) is 2.90. The van der Waals surface area contributed by atoms with E-state index in [0.29, 0.717) is 5.75 Å². The maximum Gasteiger partial charge on any atom is 0.254 e. The van der Waals surface area contributed by atoms with E-state index in [1.165, 1.54) is 32.5 Å². The van der Waals surface area contributed by atoms with Crippen LogP contribution in [0.4, 0.5) is 21.6 Å². The average molecular weight is 372 g/mol. The lowest BCUT2D eigenvalue weighted by Crippen LogP contribution is -2.22. The minimum Gasteiger partial charge on any atom is -0.491 e. The molecule has 1 aliphatic carbocycles. The zero-order chi connectivity index (χ0) is 19.1. The number of methoxy groups -OCH3 is 1. The Hall–Kier alpha value is -3.36. The first-order valence-corrected chi connectivity index (χ1v) is 8.40. The zero-order valence-electron chi connectivity index (χ0n) is 14.7. The number of aromatic nitrogens is 1. The van der Waals surface area contributed by atoms with Crippen LogP contribution in [0.1, 0.15) is 23.2 Å². The zero-order valence-corrected chi connectivity index (χ0v) is 14.7. The molecule has 1 aliphatic heterocycles. The van der Waals surface area contributed by atoms with Gasteiger partial charge in [-0.25, -0.2) is 9.37 Å². The summed E-state index contributed by atoms with van der Waals surface area (Å²) in [4.78, 5) is 28.6. The summed E-state index contributed by atoms with van der Waals surface area (Å²) >= 11 is 0. The van der Waals surface area contributed by atoms with Gasteiger partial charge in [0.15, 0.2) is 28.9 Å². The maximum atomic E-state index is 14.1. The van der Waals surface area contributed by atoms with Gasteiger partial charge in [0.1, 0.15) is 11.4 Å². The normalized spacial score (nSPS) is 14.2. The lowest BCUT2D eigenvalue weighted by molar-refractivity contribution is -0.117. The van der Waals surface area contributed by atoms with E-state index in [2.05, 4.69) is 20.9 Å². The van der Waals surface area contributed by atoms with Crippen LogP contribution in [-0.4, -0.2) is 31.0 Å². The van der Waals surface area contributed by atoms with Crippen LogP contribution in [0, 0.1) is 11.7 Å². The monoisotopic (exact) mass is 372 g/mol. The molecule has 0 spiro atoms. The number of rotatable bonds is 4. The predicted octanol–water partition coefficient (Wildman–Crippen LogP) is 2.79. The van der Waals surface area contributed by atoms with Gasteiger partial charge in [-0.1, -0.05) is 0 Å². The summed E-state index contributed by atoms with van der Waals surface area (Å²) in [6, 6.07) is 2.64. The standard InChI is InChI=1S/C18H17FN4O4/c1-20-18(25)9-7-21-16(23-17(24)8-3-4-8)15-12(9)22-13-11(27-15)6-5-10(19)14(13)26-2/h5-8,22H,3-4H2,1-2H3,(H,20,25)(H,21,23,24). The molecule has 0 radical (unpaired) electrons. The SMILES string of the molecule is CNC(=O)c1cnc(NC(=O)C2CC2)c2c1Nc1c(ccc(F)c1OC)O2. The van der Waals surface area contributed by atoms with Crippen molar-refractivity contribution in [2.24, 2.45) is 5.92 Å². The van der Waals surface area contributed by atoms with Crippen LogP contribution in [0.25, 0.3) is 0 Å². The van der Waals surface area contributed by atoms with Crippen molar-refractivity contribution in [3.63, 3.8) is 0 Å². The quantitative estimate of drug-likeness (QED) is 0.651. The van der Waals surface area contributed by atoms with Gasteiger partial charge >= 0.3 is 0 Å². The second-order valence-electron chi connectivity index (χ2n) is 6.25. The van der Waals surface area contributed by atoms with Crippen LogP contribution in [0.5, 0.6) is 17.2 Å². The fourth-order valence-corrected chi connectivity index (χ4v) is 2.85. The average Bonchev–Trinajstić information content (AvgIpc) is 3.51. The molecule has 0 atom stereocenters. The highest BCUT2D eigenvalue weighted by Gasteiger charge is 2.33. The van der Waals surface area contributed by atoms with E-state index in [1.807, 2.05) is 0 Å². The third-order valence-corrected chi connectivity index (χ3v) is 4.43. The molecule has 1 saturated carbocycles. The van der Waals surface area contributed by atoms with Gasteiger partial charge < -0.3 is 25.4 Å². The van der Waals surface area contributed by atoms with Gasteiger partial charge in [-0.05, 0) is 25.0 Å². The number of ether oxygens (including phenoxy) is 2. The number of benzene rings is 1. The third-order valence-electron chi connectivity index (χ3n) is 4.43. The first-order chi connectivity index (χ1) is 13.0. The highest BCUT2D eigenvalue weighted by molar-refractivity contribution is 6.05. The van der Waals surface area contributed by atoms with Crippen molar-refractivity contribution in [3.8, 4) is 17.2 Å². The van der Waals surface area contributed by atoms with E-state index in [9.17, 15) is 14.0 Å². The van der Waals surface area contributed by atoms with Crippen molar-refractivity contribution in [1.82, 2.24) is 10.3 Å². The van der Waals surface area contributed by atoms with Crippen LogP contribution in [0.2, 0.25) is 0 Å². The van der Waals surface area contributed by atoms with Crippen LogP contribution in [-0.2, 0) is 4.79 Å². The number of carbonyl (C=O) groups is 2. The molecular weight excluding hydrogens is 355 g/mol. The van der Waals surface area contributed by atoms with Gasteiger partial charge in [-0.3, -0.25) is 9.59 Å². The molecule has 3 N–H and O–H groups in total. The topological polar surface area (TPSA) is 102 Å². The number of amides is 2. The summed E-state index contributed by atoms with van der Waals surface area (Å²) in [6.45, 7) is 0. The number of pyridine rings is 1. The highest BCUT2D eigenvalue weighted by atomic mass is 19.1. The number of nitrogens with zero attached hydrogens (tertiary/aromatic N) is 1. The second kappa shape index (κ2) is 6.42. The fraction of sp³-hybridized carbons (Fsp3) is 0.278. The molecule has 4 rings (SSSR count). The smallest absolute Gasteiger partial charge is 0.254 e. The second-order valence-corrected chi connectivity index (χ2v) is 6.25. The van der Waals surface area contributed by atoms with E-state index < -0.39 is 11.7 Å². The highest BCUT2D eigenvalue weighted by Crippen LogP contribution is 2.50. The van der Waals surface area contributed by atoms with Gasteiger partial charge in [-0.2, -0.15) is 0 Å². The number of anilines is 3. The Kier molecular flexibility index (Phi) is 4.06. The van der Waals surface area contributed by atoms with Crippen molar-refractivity contribution in [2.75, 3.05) is 24.8 Å². The first-order valence-electron chi connectivity index (χ1n) is 8.40. The molecule has 2 aliphatic rings. The summed E-state index contributed by atoms with van der Waals surface area (Å²) in [5.74, 6) is -0.535. The Morgan fingerprint density at radius 1 is 1.33 bits per heavy atom. The summed E-state index contributed by atoms with van der Waals surface area (Å²) in [6.07, 6.45) is 3.00. The Bertz CT molecular complexity index is 959. The van der Waals surface area contributed by atoms with Gasteiger partial charge in [-0.15, -0.1) is 0 Å². The Morgan fingerprint density at radius 3 is 2.78 bits per heavy atom. The number of nitrogens with one attached hydrogen (secondary N) is 3. The molecule has 1 fully saturated rings. The van der Waals surface area contributed by atoms with E-state index in [0.717, 1.165) is 12.8 Å². The maximum absolute atomic E-state index is 14.1. The first kappa shape index (κ1) is 17.1.